The van der Waals surface area contributed by atoms with Crippen LogP contribution in [0.1, 0.15) is 21.5 Å². The molecular weight excluding hydrogens is 475 g/mol. The molecule has 1 amide bonds. The van der Waals surface area contributed by atoms with E-state index in [2.05, 4.69) is 4.98 Å². The van der Waals surface area contributed by atoms with Crippen molar-refractivity contribution < 1.29 is 23.8 Å². The van der Waals surface area contributed by atoms with Crippen molar-refractivity contribution in [2.45, 2.75) is 0 Å². The van der Waals surface area contributed by atoms with Crippen LogP contribution in [0.25, 0.3) is 10.9 Å². The number of aromatic amines is 1. The topological polar surface area (TPSA) is 90.4 Å². The Kier molecular flexibility index (Phi) is 6.54. The first-order chi connectivity index (χ1) is 17.8. The molecule has 37 heavy (non-hydrogen) atoms. The van der Waals surface area contributed by atoms with E-state index in [1.54, 1.807) is 54.4 Å². The molecule has 1 aromatic heterocycles. The zero-order chi connectivity index (χ0) is 26.1. The monoisotopic (exact) mass is 502 g/mol. The maximum absolute atomic E-state index is 13.9. The molecule has 0 radical (unpaired) electrons. The average Bonchev–Trinajstić information content (AvgIpc) is 3.48. The fourth-order valence-corrected chi connectivity index (χ4v) is 4.18. The highest BCUT2D eigenvalue weighted by molar-refractivity contribution is 6.22. The van der Waals surface area contributed by atoms with Crippen molar-refractivity contribution in [3.05, 3.63) is 83.2 Å². The highest BCUT2D eigenvalue weighted by Crippen LogP contribution is 2.36. The lowest BCUT2D eigenvalue weighted by Crippen LogP contribution is -2.33. The lowest BCUT2D eigenvalue weighted by Gasteiger charge is -2.19. The predicted octanol–water partition coefficient (Wildman–Crippen LogP) is 4.54. The summed E-state index contributed by atoms with van der Waals surface area (Å²) < 4.78 is 24.8. The van der Waals surface area contributed by atoms with Crippen LogP contribution in [0.2, 0.25) is 0 Å². The van der Waals surface area contributed by atoms with Gasteiger partial charge in [0.15, 0.2) is 17.4 Å². The summed E-state index contributed by atoms with van der Waals surface area (Å²) in [5.41, 5.74) is 3.13. The largest absolute Gasteiger partial charge is 0.494 e. The summed E-state index contributed by atoms with van der Waals surface area (Å²) in [5.74, 6) is 0.556. The smallest absolute Gasteiger partial charge is 0.253 e. The van der Waals surface area contributed by atoms with Crippen molar-refractivity contribution in [3.8, 4) is 17.4 Å². The zero-order valence-corrected chi connectivity index (χ0v) is 20.8. The van der Waals surface area contributed by atoms with Crippen molar-refractivity contribution in [1.82, 2.24) is 14.8 Å². The summed E-state index contributed by atoms with van der Waals surface area (Å²) >= 11 is 0. The molecule has 0 saturated heterocycles. The summed E-state index contributed by atoms with van der Waals surface area (Å²) in [7, 11) is 5.70. The van der Waals surface area contributed by atoms with Crippen LogP contribution in [0.4, 0.5) is 10.1 Å². The number of aliphatic imine (C=N–C) groups is 1. The number of hydrogen-bond acceptors (Lipinski definition) is 6. The number of H-pyrrole nitrogens is 1. The van der Waals surface area contributed by atoms with Gasteiger partial charge in [0.1, 0.15) is 5.82 Å². The first-order valence-electron chi connectivity index (χ1n) is 11.8. The number of carbonyl (C=O) groups excluding carboxylic acids is 1. The summed E-state index contributed by atoms with van der Waals surface area (Å²) in [5, 5.41) is 11.4. The van der Waals surface area contributed by atoms with Gasteiger partial charge in [-0.15, -0.1) is 0 Å². The predicted molar refractivity (Wildman–Crippen MR) is 140 cm³/mol. The van der Waals surface area contributed by atoms with E-state index in [0.717, 1.165) is 6.54 Å². The molecule has 0 atom stereocenters. The van der Waals surface area contributed by atoms with Gasteiger partial charge in [0.2, 0.25) is 6.79 Å². The molecule has 3 aromatic carbocycles. The molecule has 2 N–H and O–H groups in total. The minimum atomic E-state index is -0.419. The third-order valence-corrected chi connectivity index (χ3v) is 6.21. The summed E-state index contributed by atoms with van der Waals surface area (Å²) in [4.78, 5) is 24.2. The van der Waals surface area contributed by atoms with Crippen molar-refractivity contribution in [3.63, 3.8) is 0 Å². The van der Waals surface area contributed by atoms with Gasteiger partial charge in [0, 0.05) is 36.7 Å². The highest BCUT2D eigenvalue weighted by Gasteiger charge is 2.22. The van der Waals surface area contributed by atoms with Crippen molar-refractivity contribution in [1.29, 1.82) is 0 Å². The molecule has 0 aliphatic carbocycles. The van der Waals surface area contributed by atoms with Crippen molar-refractivity contribution in [2.24, 2.45) is 4.99 Å². The molecule has 1 aliphatic heterocycles. The molecule has 0 unspecified atom stereocenters. The van der Waals surface area contributed by atoms with Gasteiger partial charge in [-0.2, -0.15) is 0 Å². The van der Waals surface area contributed by atoms with E-state index in [1.807, 2.05) is 25.1 Å². The van der Waals surface area contributed by atoms with E-state index in [1.165, 1.54) is 12.1 Å². The highest BCUT2D eigenvalue weighted by atomic mass is 19.1. The second-order valence-corrected chi connectivity index (χ2v) is 9.14. The average molecular weight is 503 g/mol. The van der Waals surface area contributed by atoms with E-state index < -0.39 is 5.82 Å². The number of halogens is 1. The maximum Gasteiger partial charge on any atom is 0.253 e. The molecule has 0 spiro atoms. The summed E-state index contributed by atoms with van der Waals surface area (Å²) in [6.07, 6.45) is 0. The molecule has 0 fully saturated rings. The molecule has 5 rings (SSSR count). The number of hydrogen-bond donors (Lipinski definition) is 2. The fraction of sp³-hybridized carbons (Fsp3) is 0.214. The molecular formula is C28H27FN4O4. The Hall–Kier alpha value is -4.37. The molecule has 9 heteroatoms. The van der Waals surface area contributed by atoms with Gasteiger partial charge in [-0.05, 0) is 74.8 Å². The lowest BCUT2D eigenvalue weighted by atomic mass is 10.00. The quantitative estimate of drug-likeness (QED) is 0.362. The SMILES string of the molecule is CN(C)CCN(C)C(=O)c1ccc(N=C(c2ccc3c(c2)OCO3)c2c(O)[nH]c3cc(F)ccc23)cc1. The van der Waals surface area contributed by atoms with E-state index in [9.17, 15) is 14.3 Å². The molecule has 8 nitrogen and oxygen atoms in total. The first kappa shape index (κ1) is 24.3. The number of nitrogens with one attached hydrogen (secondary N) is 1. The standard InChI is InChI=1S/C28H27FN4O4/c1-32(2)12-13-33(3)28(35)17-4-8-20(9-5-17)30-26(18-6-11-23-24(14-18)37-16-36-23)25-21-10-7-19(29)15-22(21)31-27(25)34/h4-11,14-15,31,34H,12-13,16H2,1-3H3. The van der Waals surface area contributed by atoms with Gasteiger partial charge >= 0.3 is 0 Å². The number of benzene rings is 3. The number of ether oxygens (including phenoxy) is 2. The molecule has 190 valence electrons. The van der Waals surface area contributed by atoms with Crippen LogP contribution in [0.15, 0.2) is 65.7 Å². The van der Waals surface area contributed by atoms with Crippen LogP contribution in [-0.4, -0.2) is 72.5 Å². The fourth-order valence-electron chi connectivity index (χ4n) is 4.18. The molecule has 0 bridgehead atoms. The van der Waals surface area contributed by atoms with Crippen LogP contribution in [-0.2, 0) is 0 Å². The van der Waals surface area contributed by atoms with Gasteiger partial charge in [-0.3, -0.25) is 4.79 Å². The Morgan fingerprint density at radius 1 is 0.973 bits per heavy atom. The number of amides is 1. The Morgan fingerprint density at radius 2 is 1.70 bits per heavy atom. The number of carbonyl (C=O) groups is 1. The minimum Gasteiger partial charge on any atom is -0.494 e. The van der Waals surface area contributed by atoms with E-state index in [0.29, 0.717) is 57.0 Å². The lowest BCUT2D eigenvalue weighted by molar-refractivity contribution is 0.0786. The van der Waals surface area contributed by atoms with E-state index in [4.69, 9.17) is 14.5 Å². The van der Waals surface area contributed by atoms with Gasteiger partial charge in [-0.25, -0.2) is 9.38 Å². The third-order valence-electron chi connectivity index (χ3n) is 6.21. The molecule has 4 aromatic rings. The van der Waals surface area contributed by atoms with Crippen molar-refractivity contribution in [2.75, 3.05) is 41.0 Å². The maximum atomic E-state index is 13.9. The second kappa shape index (κ2) is 9.94. The molecule has 1 aliphatic rings. The van der Waals surface area contributed by atoms with Gasteiger partial charge in [0.05, 0.1) is 22.5 Å². The minimum absolute atomic E-state index is 0.0790. The van der Waals surface area contributed by atoms with Crippen LogP contribution in [0.5, 0.6) is 17.4 Å². The summed E-state index contributed by atoms with van der Waals surface area (Å²) in [6.45, 7) is 1.50. The number of aromatic nitrogens is 1. The number of aromatic hydroxyl groups is 1. The van der Waals surface area contributed by atoms with Crippen LogP contribution in [0, 0.1) is 5.82 Å². The van der Waals surface area contributed by atoms with Crippen LogP contribution >= 0.6 is 0 Å². The van der Waals surface area contributed by atoms with Crippen LogP contribution in [0.3, 0.4) is 0 Å². The molecule has 0 saturated carbocycles. The number of likely N-dealkylation sites (N-methyl/N-ethyl adjacent to an activating group) is 2. The Labute approximate surface area is 213 Å². The van der Waals surface area contributed by atoms with Crippen molar-refractivity contribution >= 4 is 28.2 Å². The van der Waals surface area contributed by atoms with Gasteiger partial charge in [0.25, 0.3) is 5.91 Å². The zero-order valence-electron chi connectivity index (χ0n) is 20.8. The van der Waals surface area contributed by atoms with E-state index in [-0.39, 0.29) is 18.6 Å². The van der Waals surface area contributed by atoms with E-state index >= 15 is 0 Å². The Bertz CT molecular complexity index is 1490. The van der Waals surface area contributed by atoms with Gasteiger partial charge < -0.3 is 29.4 Å². The Balaban J connectivity index is 1.55. The second-order valence-electron chi connectivity index (χ2n) is 9.14. The normalized spacial score (nSPS) is 12.9. The number of nitrogens with zero attached hydrogens (tertiary/aromatic N) is 3. The van der Waals surface area contributed by atoms with Crippen LogP contribution < -0.4 is 9.47 Å². The number of rotatable bonds is 7. The Morgan fingerprint density at radius 3 is 2.46 bits per heavy atom. The third kappa shape index (κ3) is 4.99. The first-order valence-corrected chi connectivity index (χ1v) is 11.8. The van der Waals surface area contributed by atoms with Gasteiger partial charge in [-0.1, -0.05) is 0 Å². The number of fused-ring (bicyclic) bond motifs is 2. The summed E-state index contributed by atoms with van der Waals surface area (Å²) in [6, 6.07) is 16.6. The molecule has 2 heterocycles.